The number of hydrogen-bond donors (Lipinski definition) is 3. The molecule has 17 heteroatoms. The van der Waals surface area contributed by atoms with Crippen molar-refractivity contribution in [2.24, 2.45) is 0 Å². The van der Waals surface area contributed by atoms with Crippen molar-refractivity contribution in [3.63, 3.8) is 0 Å². The second-order valence-electron chi connectivity index (χ2n) is 10.5. The largest absolute Gasteiger partial charge is 0.507 e. The molecule has 0 amide bonds. The highest BCUT2D eigenvalue weighted by Gasteiger charge is 2.23. The second kappa shape index (κ2) is 18.0. The van der Waals surface area contributed by atoms with Gasteiger partial charge in [0.25, 0.3) is 0 Å². The Hall–Kier alpha value is -4.66. The first-order valence-electron chi connectivity index (χ1n) is 15.2. The number of halogens is 2. The Balaban J connectivity index is 1.76. The first kappa shape index (κ1) is 39.1. The SMILES string of the molecule is CCOC(=O)C(C)Oc1ccc(-c2nc(-c3ccc(OC(C)C(=O)OCI)cc3O)nc(-c3ccc(OC(C)C(=O)OCI)cc3O)n2)c(O)c1. The summed E-state index contributed by atoms with van der Waals surface area (Å²) < 4.78 is 32.0. The maximum Gasteiger partial charge on any atom is 0.347 e. The molecule has 1 aromatic heterocycles. The van der Waals surface area contributed by atoms with Gasteiger partial charge in [-0.05, 0) is 109 Å². The Morgan fingerprint density at radius 2 is 0.863 bits per heavy atom. The lowest BCUT2D eigenvalue weighted by atomic mass is 10.1. The Bertz CT molecular complexity index is 1670. The van der Waals surface area contributed by atoms with Crippen LogP contribution in [0.5, 0.6) is 34.5 Å². The quantitative estimate of drug-likeness (QED) is 0.0564. The van der Waals surface area contributed by atoms with Gasteiger partial charge in [-0.1, -0.05) is 0 Å². The maximum absolute atomic E-state index is 12.0. The van der Waals surface area contributed by atoms with Crippen LogP contribution in [0.2, 0.25) is 0 Å². The minimum absolute atomic E-state index is 0.0534. The van der Waals surface area contributed by atoms with Crippen LogP contribution < -0.4 is 14.2 Å². The van der Waals surface area contributed by atoms with Gasteiger partial charge in [0.15, 0.2) is 35.8 Å². The van der Waals surface area contributed by atoms with Crippen molar-refractivity contribution in [1.29, 1.82) is 0 Å². The van der Waals surface area contributed by atoms with E-state index in [9.17, 15) is 29.7 Å². The van der Waals surface area contributed by atoms with Gasteiger partial charge in [-0.2, -0.15) is 0 Å². The van der Waals surface area contributed by atoms with Crippen molar-refractivity contribution in [3.05, 3.63) is 54.6 Å². The van der Waals surface area contributed by atoms with E-state index in [0.717, 1.165) is 0 Å². The molecule has 4 rings (SSSR count). The van der Waals surface area contributed by atoms with Crippen molar-refractivity contribution in [1.82, 2.24) is 15.0 Å². The number of ether oxygens (including phenoxy) is 6. The van der Waals surface area contributed by atoms with Crippen molar-refractivity contribution < 1.29 is 58.1 Å². The molecule has 0 aliphatic carbocycles. The fraction of sp³-hybridized carbons (Fsp3) is 0.294. The van der Waals surface area contributed by atoms with E-state index in [2.05, 4.69) is 15.0 Å². The monoisotopic (exact) mass is 929 g/mol. The van der Waals surface area contributed by atoms with Gasteiger partial charge < -0.3 is 43.7 Å². The molecular weight excluding hydrogens is 896 g/mol. The zero-order chi connectivity index (χ0) is 37.2. The number of alkyl halides is 2. The molecule has 3 atom stereocenters. The summed E-state index contributed by atoms with van der Waals surface area (Å²) in [5.41, 5.74) is 0.374. The molecule has 0 saturated heterocycles. The van der Waals surface area contributed by atoms with Gasteiger partial charge in [-0.25, -0.2) is 29.3 Å². The van der Waals surface area contributed by atoms with Crippen LogP contribution in [0.25, 0.3) is 34.2 Å². The van der Waals surface area contributed by atoms with Crippen molar-refractivity contribution in [2.45, 2.75) is 46.0 Å². The highest BCUT2D eigenvalue weighted by Crippen LogP contribution is 2.38. The number of rotatable bonds is 15. The standard InChI is InChI=1S/C34H33I2N3O12/c1-5-46-32(43)17(2)49-20-6-9-23(26(40)12-20)29-37-30(24-10-7-21(13-27(24)41)50-18(3)33(44)47-15-35)39-31(38-29)25-11-8-22(14-28(25)42)51-19(4)34(45)48-16-36/h6-14,17-19,40-42H,5,15-16H2,1-4H3. The summed E-state index contributed by atoms with van der Waals surface area (Å²) in [4.78, 5) is 49.6. The predicted octanol–water partition coefficient (Wildman–Crippen LogP) is 5.73. The molecule has 3 aromatic carbocycles. The van der Waals surface area contributed by atoms with Gasteiger partial charge in [0, 0.05) is 18.2 Å². The number of benzene rings is 3. The third-order valence-corrected chi connectivity index (χ3v) is 7.50. The summed E-state index contributed by atoms with van der Waals surface area (Å²) in [7, 11) is 0. The summed E-state index contributed by atoms with van der Waals surface area (Å²) in [5.74, 6) is -2.35. The smallest absolute Gasteiger partial charge is 0.347 e. The first-order chi connectivity index (χ1) is 24.3. The van der Waals surface area contributed by atoms with Crippen molar-refractivity contribution in [3.8, 4) is 68.7 Å². The summed E-state index contributed by atoms with van der Waals surface area (Å²) in [6, 6.07) is 12.7. The number of carbonyl (C=O) groups excluding carboxylic acids is 3. The van der Waals surface area contributed by atoms with Crippen LogP contribution in [0, 0.1) is 0 Å². The lowest BCUT2D eigenvalue weighted by molar-refractivity contribution is -0.150. The van der Waals surface area contributed by atoms with E-state index in [1.807, 2.05) is 45.2 Å². The van der Waals surface area contributed by atoms with Crippen molar-refractivity contribution in [2.75, 3.05) is 15.8 Å². The average molecular weight is 929 g/mol. The van der Waals surface area contributed by atoms with Crippen LogP contribution in [0.1, 0.15) is 27.7 Å². The van der Waals surface area contributed by atoms with Gasteiger partial charge in [-0.3, -0.25) is 0 Å². The van der Waals surface area contributed by atoms with Crippen LogP contribution in [-0.2, 0) is 28.6 Å². The van der Waals surface area contributed by atoms with Crippen LogP contribution >= 0.6 is 45.2 Å². The summed E-state index contributed by atoms with van der Waals surface area (Å²) in [5, 5.41) is 33.1. The van der Waals surface area contributed by atoms with Gasteiger partial charge in [-0.15, -0.1) is 0 Å². The minimum atomic E-state index is -0.953. The molecule has 51 heavy (non-hydrogen) atoms. The topological polar surface area (TPSA) is 206 Å². The fourth-order valence-corrected chi connectivity index (χ4v) is 5.03. The number of aromatic hydroxyl groups is 3. The normalized spacial score (nSPS) is 12.6. The van der Waals surface area contributed by atoms with Crippen LogP contribution in [0.3, 0.4) is 0 Å². The van der Waals surface area contributed by atoms with Gasteiger partial charge >= 0.3 is 17.9 Å². The Kier molecular flexibility index (Phi) is 13.8. The van der Waals surface area contributed by atoms with E-state index in [1.165, 1.54) is 75.4 Å². The van der Waals surface area contributed by atoms with E-state index in [4.69, 9.17) is 28.4 Å². The number of aromatic nitrogens is 3. The zero-order valence-electron chi connectivity index (χ0n) is 27.7. The molecule has 15 nitrogen and oxygen atoms in total. The number of phenols is 3. The number of esters is 3. The molecule has 3 N–H and O–H groups in total. The molecule has 1 heterocycles. The highest BCUT2D eigenvalue weighted by molar-refractivity contribution is 14.1. The van der Waals surface area contributed by atoms with Crippen LogP contribution in [0.4, 0.5) is 0 Å². The molecule has 270 valence electrons. The Labute approximate surface area is 319 Å². The number of hydrogen-bond acceptors (Lipinski definition) is 15. The molecule has 3 unspecified atom stereocenters. The molecule has 0 aliphatic heterocycles. The van der Waals surface area contributed by atoms with E-state index >= 15 is 0 Å². The summed E-state index contributed by atoms with van der Waals surface area (Å²) in [6.45, 7) is 6.36. The van der Waals surface area contributed by atoms with Gasteiger partial charge in [0.1, 0.15) is 43.7 Å². The number of nitrogens with zero attached hydrogens (tertiary/aromatic N) is 3. The molecule has 0 fully saturated rings. The van der Waals surface area contributed by atoms with E-state index < -0.39 is 36.2 Å². The summed E-state index contributed by atoms with van der Waals surface area (Å²) in [6.07, 6.45) is -2.86. The number of carbonyl (C=O) groups is 3. The Morgan fingerprint density at radius 3 is 1.12 bits per heavy atom. The van der Waals surface area contributed by atoms with Gasteiger partial charge in [0.05, 0.1) is 23.3 Å². The molecule has 0 bridgehead atoms. The maximum atomic E-state index is 12.0. The van der Waals surface area contributed by atoms with E-state index in [1.54, 1.807) is 6.92 Å². The van der Waals surface area contributed by atoms with Crippen LogP contribution in [0.15, 0.2) is 54.6 Å². The molecule has 0 saturated carbocycles. The van der Waals surface area contributed by atoms with Crippen molar-refractivity contribution >= 4 is 63.1 Å². The summed E-state index contributed by atoms with van der Waals surface area (Å²) >= 11 is 3.77. The third-order valence-electron chi connectivity index (χ3n) is 6.88. The first-order valence-corrected chi connectivity index (χ1v) is 18.3. The molecule has 0 spiro atoms. The minimum Gasteiger partial charge on any atom is -0.507 e. The predicted molar refractivity (Wildman–Crippen MR) is 198 cm³/mol. The van der Waals surface area contributed by atoms with Crippen LogP contribution in [-0.4, -0.2) is 82.3 Å². The molecule has 4 aromatic rings. The van der Waals surface area contributed by atoms with E-state index in [0.29, 0.717) is 0 Å². The Morgan fingerprint density at radius 1 is 0.569 bits per heavy atom. The lowest BCUT2D eigenvalue weighted by Crippen LogP contribution is -2.26. The molecule has 0 radical (unpaired) electrons. The molecular formula is C34H33I2N3O12. The van der Waals surface area contributed by atoms with Gasteiger partial charge in [0.2, 0.25) is 0 Å². The number of phenolic OH excluding ortho intramolecular Hbond substituents is 3. The second-order valence-corrected chi connectivity index (χ2v) is 11.8. The van der Waals surface area contributed by atoms with E-state index in [-0.39, 0.29) is 84.5 Å². The zero-order valence-corrected chi connectivity index (χ0v) is 32.0. The third kappa shape index (κ3) is 10.2. The lowest BCUT2D eigenvalue weighted by Gasteiger charge is -2.16. The highest BCUT2D eigenvalue weighted by atomic mass is 127. The fourth-order valence-electron chi connectivity index (χ4n) is 4.42. The molecule has 0 aliphatic rings. The average Bonchev–Trinajstić information content (AvgIpc) is 3.08.